The van der Waals surface area contributed by atoms with Crippen molar-refractivity contribution in [1.29, 1.82) is 0 Å². The number of anilines is 1. The summed E-state index contributed by atoms with van der Waals surface area (Å²) in [6.07, 6.45) is 10.8. The first kappa shape index (κ1) is 12.5. The molecule has 0 bridgehead atoms. The van der Waals surface area contributed by atoms with Gasteiger partial charge in [-0.1, -0.05) is 25.0 Å². The Morgan fingerprint density at radius 3 is 2.94 bits per heavy atom. The van der Waals surface area contributed by atoms with Gasteiger partial charge in [-0.05, 0) is 37.5 Å². The first-order valence-corrected chi connectivity index (χ1v) is 7.02. The molecule has 1 aromatic rings. The van der Waals surface area contributed by atoms with E-state index in [4.69, 9.17) is 5.73 Å². The molecule has 92 valence electrons. The van der Waals surface area contributed by atoms with E-state index in [-0.39, 0.29) is 5.82 Å². The molecule has 0 spiro atoms. The van der Waals surface area contributed by atoms with Crippen LogP contribution in [0.25, 0.3) is 0 Å². The first-order valence-electron chi connectivity index (χ1n) is 6.14. The second-order valence-corrected chi connectivity index (χ2v) is 5.69. The molecule has 0 fully saturated rings. The third-order valence-corrected chi connectivity index (χ3v) is 4.28. The van der Waals surface area contributed by atoms with E-state index < -0.39 is 0 Å². The number of thioether (sulfide) groups is 1. The highest BCUT2D eigenvalue weighted by molar-refractivity contribution is 8.00. The van der Waals surface area contributed by atoms with Crippen LogP contribution in [0.1, 0.15) is 32.1 Å². The maximum Gasteiger partial charge on any atom is 0.125 e. The van der Waals surface area contributed by atoms with Crippen LogP contribution in [0.2, 0.25) is 0 Å². The van der Waals surface area contributed by atoms with Gasteiger partial charge in [-0.15, -0.1) is 11.8 Å². The predicted octanol–water partition coefficient (Wildman–Crippen LogP) is 4.39. The van der Waals surface area contributed by atoms with Crippen molar-refractivity contribution >= 4 is 17.4 Å². The fourth-order valence-electron chi connectivity index (χ4n) is 2.02. The van der Waals surface area contributed by atoms with Crippen molar-refractivity contribution in [3.05, 3.63) is 36.2 Å². The molecule has 2 rings (SSSR count). The number of rotatable bonds is 2. The predicted molar refractivity (Wildman–Crippen MR) is 72.7 cm³/mol. The number of benzene rings is 1. The largest absolute Gasteiger partial charge is 0.398 e. The fraction of sp³-hybridized carbons (Fsp3) is 0.429. The van der Waals surface area contributed by atoms with Crippen LogP contribution < -0.4 is 5.73 Å². The normalized spacial score (nSPS) is 22.8. The molecule has 0 heterocycles. The Morgan fingerprint density at radius 1 is 1.24 bits per heavy atom. The Morgan fingerprint density at radius 2 is 2.12 bits per heavy atom. The SMILES string of the molecule is Nc1cc(F)ccc1SC1/C=C/CCCCC1. The highest BCUT2D eigenvalue weighted by Gasteiger charge is 2.11. The molecule has 0 radical (unpaired) electrons. The summed E-state index contributed by atoms with van der Waals surface area (Å²) < 4.78 is 12.9. The van der Waals surface area contributed by atoms with Crippen molar-refractivity contribution in [1.82, 2.24) is 0 Å². The average molecular weight is 251 g/mol. The van der Waals surface area contributed by atoms with Crippen molar-refractivity contribution in [3.8, 4) is 0 Å². The maximum atomic E-state index is 12.9. The van der Waals surface area contributed by atoms with E-state index in [1.165, 1.54) is 44.2 Å². The van der Waals surface area contributed by atoms with Gasteiger partial charge in [0, 0.05) is 15.8 Å². The third-order valence-electron chi connectivity index (χ3n) is 2.96. The second-order valence-electron chi connectivity index (χ2n) is 4.40. The zero-order valence-corrected chi connectivity index (χ0v) is 10.7. The number of nitrogen functional groups attached to an aromatic ring is 1. The topological polar surface area (TPSA) is 26.0 Å². The molecule has 1 atom stereocenters. The average Bonchev–Trinajstić information content (AvgIpc) is 2.25. The number of hydrogen-bond acceptors (Lipinski definition) is 2. The number of allylic oxidation sites excluding steroid dienone is 1. The minimum atomic E-state index is -0.264. The van der Waals surface area contributed by atoms with Crippen molar-refractivity contribution < 1.29 is 4.39 Å². The lowest BCUT2D eigenvalue weighted by molar-refractivity contribution is 0.627. The van der Waals surface area contributed by atoms with Gasteiger partial charge in [-0.2, -0.15) is 0 Å². The molecule has 1 aromatic carbocycles. The summed E-state index contributed by atoms with van der Waals surface area (Å²) in [5, 5.41) is 0.475. The van der Waals surface area contributed by atoms with Gasteiger partial charge in [-0.25, -0.2) is 4.39 Å². The van der Waals surface area contributed by atoms with E-state index in [9.17, 15) is 4.39 Å². The second kappa shape index (κ2) is 6.10. The molecule has 0 saturated heterocycles. The van der Waals surface area contributed by atoms with E-state index in [0.717, 1.165) is 4.90 Å². The molecule has 0 saturated carbocycles. The molecule has 2 N–H and O–H groups in total. The van der Waals surface area contributed by atoms with Gasteiger partial charge in [0.15, 0.2) is 0 Å². The molecule has 1 nitrogen and oxygen atoms in total. The van der Waals surface area contributed by atoms with Crippen molar-refractivity contribution in [2.24, 2.45) is 0 Å². The van der Waals surface area contributed by atoms with E-state index in [1.54, 1.807) is 17.8 Å². The van der Waals surface area contributed by atoms with Crippen LogP contribution in [0.15, 0.2) is 35.2 Å². The molecule has 17 heavy (non-hydrogen) atoms. The van der Waals surface area contributed by atoms with Gasteiger partial charge in [0.2, 0.25) is 0 Å². The summed E-state index contributed by atoms with van der Waals surface area (Å²) in [5.41, 5.74) is 6.37. The lowest BCUT2D eigenvalue weighted by Gasteiger charge is -2.15. The van der Waals surface area contributed by atoms with Crippen LogP contribution in [0.3, 0.4) is 0 Å². The van der Waals surface area contributed by atoms with Gasteiger partial charge in [0.1, 0.15) is 5.82 Å². The van der Waals surface area contributed by atoms with Crippen LogP contribution in [0.4, 0.5) is 10.1 Å². The minimum absolute atomic E-state index is 0.264. The summed E-state index contributed by atoms with van der Waals surface area (Å²) in [4.78, 5) is 0.988. The Balaban J connectivity index is 2.05. The summed E-state index contributed by atoms with van der Waals surface area (Å²) >= 11 is 1.74. The van der Waals surface area contributed by atoms with E-state index in [0.29, 0.717) is 10.9 Å². The summed E-state index contributed by atoms with van der Waals surface area (Å²) in [7, 11) is 0. The Kier molecular flexibility index (Phi) is 4.49. The fourth-order valence-corrected chi connectivity index (χ4v) is 3.16. The molecule has 1 unspecified atom stereocenters. The molecule has 0 aliphatic heterocycles. The third kappa shape index (κ3) is 3.77. The highest BCUT2D eigenvalue weighted by Crippen LogP contribution is 2.33. The first-order chi connectivity index (χ1) is 8.25. The standard InChI is InChI=1S/C14H18FNS/c15-11-8-9-14(13(16)10-11)17-12-6-4-2-1-3-5-7-12/h4,6,8-10,12H,1-3,5,7,16H2/b6-4+. The van der Waals surface area contributed by atoms with Crippen LogP contribution >= 0.6 is 11.8 Å². The number of halogens is 1. The van der Waals surface area contributed by atoms with Crippen LogP contribution in [-0.2, 0) is 0 Å². The monoisotopic (exact) mass is 251 g/mol. The lowest BCUT2D eigenvalue weighted by atomic mass is 10.1. The Bertz CT molecular complexity index is 403. The molecular weight excluding hydrogens is 233 g/mol. The molecule has 1 aliphatic carbocycles. The van der Waals surface area contributed by atoms with Crippen molar-refractivity contribution in [2.45, 2.75) is 42.2 Å². The molecule has 3 heteroatoms. The van der Waals surface area contributed by atoms with Gasteiger partial charge >= 0.3 is 0 Å². The highest BCUT2D eigenvalue weighted by atomic mass is 32.2. The molecular formula is C14H18FNS. The molecule has 0 amide bonds. The van der Waals surface area contributed by atoms with E-state index in [1.807, 2.05) is 0 Å². The smallest absolute Gasteiger partial charge is 0.125 e. The van der Waals surface area contributed by atoms with Crippen LogP contribution in [-0.4, -0.2) is 5.25 Å². The van der Waals surface area contributed by atoms with Gasteiger partial charge < -0.3 is 5.73 Å². The zero-order valence-electron chi connectivity index (χ0n) is 9.86. The molecule has 0 aromatic heterocycles. The number of hydrogen-bond donors (Lipinski definition) is 1. The Hall–Kier alpha value is -0.960. The van der Waals surface area contributed by atoms with Gasteiger partial charge in [0.05, 0.1) is 0 Å². The van der Waals surface area contributed by atoms with E-state index in [2.05, 4.69) is 12.2 Å². The zero-order chi connectivity index (χ0) is 12.1. The van der Waals surface area contributed by atoms with Crippen LogP contribution in [0, 0.1) is 5.82 Å². The summed E-state index contributed by atoms with van der Waals surface area (Å²) in [6, 6.07) is 4.66. The number of nitrogens with two attached hydrogens (primary N) is 1. The Labute approximate surface area is 106 Å². The van der Waals surface area contributed by atoms with Crippen molar-refractivity contribution in [2.75, 3.05) is 5.73 Å². The summed E-state index contributed by atoms with van der Waals surface area (Å²) in [5.74, 6) is -0.264. The summed E-state index contributed by atoms with van der Waals surface area (Å²) in [6.45, 7) is 0. The molecule has 1 aliphatic rings. The maximum absolute atomic E-state index is 12.9. The van der Waals surface area contributed by atoms with Crippen LogP contribution in [0.5, 0.6) is 0 Å². The lowest BCUT2D eigenvalue weighted by Crippen LogP contribution is -2.02. The quantitative estimate of drug-likeness (QED) is 0.623. The van der Waals surface area contributed by atoms with Gasteiger partial charge in [-0.3, -0.25) is 0 Å². The van der Waals surface area contributed by atoms with Crippen molar-refractivity contribution in [3.63, 3.8) is 0 Å². The van der Waals surface area contributed by atoms with E-state index >= 15 is 0 Å². The van der Waals surface area contributed by atoms with Gasteiger partial charge in [0.25, 0.3) is 0 Å². The minimum Gasteiger partial charge on any atom is -0.398 e.